The second kappa shape index (κ2) is 17.9. The summed E-state index contributed by atoms with van der Waals surface area (Å²) in [5, 5.41) is 0. The van der Waals surface area contributed by atoms with E-state index in [0.717, 1.165) is 67.9 Å². The molecule has 5 rings (SSSR count). The average molecular weight is 686 g/mol. The van der Waals surface area contributed by atoms with Crippen molar-refractivity contribution in [1.82, 2.24) is 9.80 Å². The fourth-order valence-electron chi connectivity index (χ4n) is 6.18. The zero-order valence-electron chi connectivity index (χ0n) is 28.0. The summed E-state index contributed by atoms with van der Waals surface area (Å²) < 4.78 is 33.7. The lowest BCUT2D eigenvalue weighted by atomic mass is 9.98. The van der Waals surface area contributed by atoms with E-state index in [9.17, 15) is 0 Å². The van der Waals surface area contributed by atoms with Gasteiger partial charge in [0.2, 0.25) is 11.5 Å². The Bertz CT molecular complexity index is 1430. The van der Waals surface area contributed by atoms with Crippen molar-refractivity contribution in [2.24, 2.45) is 0 Å². The highest BCUT2D eigenvalue weighted by Crippen LogP contribution is 2.43. The van der Waals surface area contributed by atoms with E-state index in [1.54, 1.807) is 42.7 Å². The maximum absolute atomic E-state index is 5.64. The lowest BCUT2D eigenvalue weighted by molar-refractivity contribution is 0.247. The molecule has 0 N–H and O–H groups in total. The van der Waals surface area contributed by atoms with Crippen LogP contribution in [0.15, 0.2) is 72.8 Å². The molecule has 0 atom stereocenters. The van der Waals surface area contributed by atoms with E-state index in [2.05, 4.69) is 58.3 Å². The summed E-state index contributed by atoms with van der Waals surface area (Å²) in [6.45, 7) is 5.76. The van der Waals surface area contributed by atoms with Crippen LogP contribution in [0.25, 0.3) is 22.3 Å². The van der Waals surface area contributed by atoms with E-state index in [0.29, 0.717) is 34.5 Å². The summed E-state index contributed by atoms with van der Waals surface area (Å²) in [7, 11) is 9.86. The Balaban J connectivity index is 0.00000300. The van der Waals surface area contributed by atoms with Crippen molar-refractivity contribution < 1.29 is 28.4 Å². The van der Waals surface area contributed by atoms with E-state index in [1.807, 2.05) is 24.3 Å². The number of rotatable bonds is 12. The van der Waals surface area contributed by atoms with Crippen molar-refractivity contribution in [1.29, 1.82) is 0 Å². The summed E-state index contributed by atoms with van der Waals surface area (Å²) in [4.78, 5) is 5.11. The number of nitrogens with zero attached hydrogens (tertiary/aromatic N) is 2. The predicted molar refractivity (Wildman–Crippen MR) is 193 cm³/mol. The third kappa shape index (κ3) is 8.56. The summed E-state index contributed by atoms with van der Waals surface area (Å²) >= 11 is 0. The van der Waals surface area contributed by atoms with Crippen LogP contribution in [0.3, 0.4) is 0 Å². The lowest BCUT2D eigenvalue weighted by Gasteiger charge is -2.24. The Kier molecular flexibility index (Phi) is 14.3. The molecule has 0 unspecified atom stereocenters. The molecule has 4 aromatic rings. The maximum Gasteiger partial charge on any atom is 0.203 e. The van der Waals surface area contributed by atoms with E-state index >= 15 is 0 Å². The second-order valence-corrected chi connectivity index (χ2v) is 11.0. The third-order valence-electron chi connectivity index (χ3n) is 8.46. The number of hydrogen-bond donors (Lipinski definition) is 0. The first-order chi connectivity index (χ1) is 22.0. The normalized spacial score (nSPS) is 13.4. The molecule has 0 aromatic heterocycles. The monoisotopic (exact) mass is 684 g/mol. The largest absolute Gasteiger partial charge is 0.493 e. The topological polar surface area (TPSA) is 61.9 Å². The van der Waals surface area contributed by atoms with Gasteiger partial charge in [-0.05, 0) is 77.2 Å². The number of benzene rings is 4. The number of halogens is 2. The number of hydrogen-bond acceptors (Lipinski definition) is 8. The molecule has 8 nitrogen and oxygen atoms in total. The molecule has 0 radical (unpaired) electrons. The minimum absolute atomic E-state index is 0. The zero-order valence-corrected chi connectivity index (χ0v) is 29.7. The molecular weight excluding hydrogens is 639 g/mol. The molecule has 0 saturated carbocycles. The molecule has 1 fully saturated rings. The molecule has 1 heterocycles. The fourth-order valence-corrected chi connectivity index (χ4v) is 6.18. The molecular formula is C37H46Cl2N2O6. The van der Waals surface area contributed by atoms with Crippen LogP contribution in [0.4, 0.5) is 0 Å². The van der Waals surface area contributed by atoms with Crippen LogP contribution in [0.1, 0.15) is 17.5 Å². The van der Waals surface area contributed by atoms with Crippen LogP contribution in [0.2, 0.25) is 0 Å². The minimum Gasteiger partial charge on any atom is -0.493 e. The van der Waals surface area contributed by atoms with E-state index in [-0.39, 0.29) is 24.8 Å². The zero-order chi connectivity index (χ0) is 31.8. The van der Waals surface area contributed by atoms with Crippen molar-refractivity contribution in [3.05, 3.63) is 83.9 Å². The second-order valence-electron chi connectivity index (χ2n) is 11.0. The Morgan fingerprint density at radius 3 is 1.13 bits per heavy atom. The Morgan fingerprint density at radius 2 is 0.809 bits per heavy atom. The van der Waals surface area contributed by atoms with Crippen molar-refractivity contribution in [3.63, 3.8) is 0 Å². The van der Waals surface area contributed by atoms with Crippen LogP contribution >= 0.6 is 24.8 Å². The first kappa shape index (κ1) is 37.6. The van der Waals surface area contributed by atoms with Gasteiger partial charge in [-0.3, -0.25) is 9.80 Å². The summed E-state index contributed by atoms with van der Waals surface area (Å²) in [5.41, 5.74) is 6.95. The molecule has 4 aromatic carbocycles. The van der Waals surface area contributed by atoms with Crippen molar-refractivity contribution in [2.45, 2.75) is 19.5 Å². The first-order valence-corrected chi connectivity index (χ1v) is 15.2. The highest BCUT2D eigenvalue weighted by Gasteiger charge is 2.21. The lowest BCUT2D eigenvalue weighted by Crippen LogP contribution is -2.30. The van der Waals surface area contributed by atoms with Gasteiger partial charge < -0.3 is 28.4 Å². The number of ether oxygens (including phenoxy) is 6. The molecule has 0 aliphatic carbocycles. The molecule has 254 valence electrons. The Morgan fingerprint density at radius 1 is 0.468 bits per heavy atom. The van der Waals surface area contributed by atoms with Crippen LogP contribution in [0.5, 0.6) is 34.5 Å². The van der Waals surface area contributed by atoms with Gasteiger partial charge in [0.15, 0.2) is 23.0 Å². The quantitative estimate of drug-likeness (QED) is 0.151. The van der Waals surface area contributed by atoms with Gasteiger partial charge in [-0.15, -0.1) is 24.8 Å². The van der Waals surface area contributed by atoms with Gasteiger partial charge in [0, 0.05) is 26.2 Å². The summed E-state index contributed by atoms with van der Waals surface area (Å²) in [6.07, 6.45) is 1.10. The van der Waals surface area contributed by atoms with E-state index < -0.39 is 0 Å². The SMILES string of the molecule is COc1cc(-c2ccccc2CN2CCCN(Cc3ccccc3-c3cc(OC)c(OC)c(OC)c3)CC2)cc(OC)c1OC.Cl.Cl. The Hall–Kier alpha value is -3.82. The van der Waals surface area contributed by atoms with Gasteiger partial charge >= 0.3 is 0 Å². The molecule has 0 amide bonds. The molecule has 0 bridgehead atoms. The fraction of sp³-hybridized carbons (Fsp3) is 0.351. The van der Waals surface area contributed by atoms with Gasteiger partial charge in [-0.25, -0.2) is 0 Å². The van der Waals surface area contributed by atoms with E-state index in [1.165, 1.54) is 11.1 Å². The van der Waals surface area contributed by atoms with E-state index in [4.69, 9.17) is 28.4 Å². The molecule has 47 heavy (non-hydrogen) atoms. The van der Waals surface area contributed by atoms with Crippen molar-refractivity contribution >= 4 is 24.8 Å². The average Bonchev–Trinajstić information content (AvgIpc) is 3.31. The smallest absolute Gasteiger partial charge is 0.203 e. The molecule has 1 aliphatic heterocycles. The standard InChI is InChI=1S/C37H44N2O6.2ClH/c1-40-32-20-28(21-33(41-2)36(32)44-5)30-14-9-7-12-26(30)24-38-16-11-17-39(19-18-38)25-27-13-8-10-15-31(27)29-22-34(42-3)37(45-6)35(23-29)43-4;;/h7-10,12-15,20-23H,11,16-19,24-25H2,1-6H3;2*1H. The van der Waals surface area contributed by atoms with Gasteiger partial charge in [0.25, 0.3) is 0 Å². The third-order valence-corrected chi connectivity index (χ3v) is 8.46. The van der Waals surface area contributed by atoms with Crippen molar-refractivity contribution in [3.8, 4) is 56.8 Å². The highest BCUT2D eigenvalue weighted by molar-refractivity contribution is 5.85. The highest BCUT2D eigenvalue weighted by atomic mass is 35.5. The Labute approximate surface area is 291 Å². The first-order valence-electron chi connectivity index (χ1n) is 15.2. The maximum atomic E-state index is 5.64. The summed E-state index contributed by atoms with van der Waals surface area (Å²) in [6, 6.07) is 25.2. The minimum atomic E-state index is 0. The van der Waals surface area contributed by atoms with Crippen LogP contribution in [-0.2, 0) is 13.1 Å². The van der Waals surface area contributed by atoms with Gasteiger partial charge in [-0.1, -0.05) is 48.5 Å². The molecule has 0 spiro atoms. The van der Waals surface area contributed by atoms with Crippen LogP contribution in [0, 0.1) is 0 Å². The number of methoxy groups -OCH3 is 6. The van der Waals surface area contributed by atoms with Crippen LogP contribution in [-0.4, -0.2) is 78.6 Å². The molecule has 1 aliphatic rings. The molecule has 10 heteroatoms. The molecule has 1 saturated heterocycles. The predicted octanol–water partition coefficient (Wildman–Crippen LogP) is 7.62. The van der Waals surface area contributed by atoms with Gasteiger partial charge in [0.1, 0.15) is 0 Å². The van der Waals surface area contributed by atoms with Gasteiger partial charge in [-0.2, -0.15) is 0 Å². The van der Waals surface area contributed by atoms with Crippen molar-refractivity contribution in [2.75, 3.05) is 68.8 Å². The summed E-state index contributed by atoms with van der Waals surface area (Å²) in [5.74, 6) is 3.80. The van der Waals surface area contributed by atoms with Gasteiger partial charge in [0.05, 0.1) is 42.7 Å². The van der Waals surface area contributed by atoms with Crippen LogP contribution < -0.4 is 28.4 Å².